The smallest absolute Gasteiger partial charge is 0.308 e. The number of hydrogen-bond acceptors (Lipinski definition) is 3. The second-order valence-corrected chi connectivity index (χ2v) is 5.37. The highest BCUT2D eigenvalue weighted by Gasteiger charge is 2.35. The van der Waals surface area contributed by atoms with Gasteiger partial charge in [0.05, 0.1) is 12.5 Å². The first-order valence-corrected chi connectivity index (χ1v) is 6.69. The Morgan fingerprint density at radius 2 is 2.06 bits per heavy atom. The first-order chi connectivity index (χ1) is 8.59. The van der Waals surface area contributed by atoms with Crippen LogP contribution >= 0.6 is 0 Å². The molecule has 18 heavy (non-hydrogen) atoms. The summed E-state index contributed by atoms with van der Waals surface area (Å²) in [5, 5.41) is 9.10. The monoisotopic (exact) mass is 255 g/mol. The van der Waals surface area contributed by atoms with Crippen LogP contribution in [0, 0.1) is 11.8 Å². The fourth-order valence-electron chi connectivity index (χ4n) is 2.51. The van der Waals surface area contributed by atoms with Crippen molar-refractivity contribution in [1.82, 2.24) is 4.90 Å². The van der Waals surface area contributed by atoms with Gasteiger partial charge in [0.25, 0.3) is 0 Å². The minimum absolute atomic E-state index is 0.0749. The summed E-state index contributed by atoms with van der Waals surface area (Å²) < 4.78 is 5.38. The maximum Gasteiger partial charge on any atom is 0.308 e. The van der Waals surface area contributed by atoms with Gasteiger partial charge in [0.2, 0.25) is 5.91 Å². The van der Waals surface area contributed by atoms with Crippen molar-refractivity contribution in [2.24, 2.45) is 11.8 Å². The van der Waals surface area contributed by atoms with Crippen molar-refractivity contribution in [2.75, 3.05) is 19.8 Å². The second-order valence-electron chi connectivity index (χ2n) is 5.37. The molecule has 2 fully saturated rings. The Kier molecular flexibility index (Phi) is 4.22. The van der Waals surface area contributed by atoms with Gasteiger partial charge in [-0.2, -0.15) is 0 Å². The van der Waals surface area contributed by atoms with E-state index in [1.165, 1.54) is 12.8 Å². The summed E-state index contributed by atoms with van der Waals surface area (Å²) in [7, 11) is 0. The fraction of sp³-hybridized carbons (Fsp3) is 0.846. The molecule has 0 radical (unpaired) electrons. The maximum absolute atomic E-state index is 12.0. The van der Waals surface area contributed by atoms with Gasteiger partial charge in [0.15, 0.2) is 0 Å². The molecule has 5 nitrogen and oxygen atoms in total. The Morgan fingerprint density at radius 1 is 1.33 bits per heavy atom. The molecule has 1 heterocycles. The molecule has 1 N–H and O–H groups in total. The fourth-order valence-corrected chi connectivity index (χ4v) is 2.51. The van der Waals surface area contributed by atoms with Crippen LogP contribution in [0.15, 0.2) is 0 Å². The van der Waals surface area contributed by atoms with Gasteiger partial charge >= 0.3 is 5.97 Å². The molecule has 0 bridgehead atoms. The van der Waals surface area contributed by atoms with E-state index in [-0.39, 0.29) is 18.6 Å². The van der Waals surface area contributed by atoms with E-state index in [1.54, 1.807) is 4.90 Å². The zero-order valence-corrected chi connectivity index (χ0v) is 10.8. The number of likely N-dealkylation sites (tertiary alicyclic amines) is 1. The molecule has 1 amide bonds. The predicted octanol–water partition coefficient (Wildman–Crippen LogP) is 1.12. The van der Waals surface area contributed by atoms with Crippen LogP contribution in [0.2, 0.25) is 0 Å². The Balaban J connectivity index is 1.81. The molecule has 1 aliphatic carbocycles. The van der Waals surface area contributed by atoms with Crippen LogP contribution in [0.1, 0.15) is 32.6 Å². The SMILES string of the molecule is C[C@@H]1[C@H](C(=O)O)CCCN1C(=O)COCC1CC1. The number of carbonyl (C=O) groups is 2. The summed E-state index contributed by atoms with van der Waals surface area (Å²) >= 11 is 0. The third-order valence-corrected chi connectivity index (χ3v) is 3.90. The van der Waals surface area contributed by atoms with E-state index in [4.69, 9.17) is 9.84 Å². The van der Waals surface area contributed by atoms with Gasteiger partial charge in [-0.05, 0) is 38.5 Å². The summed E-state index contributed by atoms with van der Waals surface area (Å²) in [5.74, 6) is -0.678. The molecule has 0 unspecified atom stereocenters. The highest BCUT2D eigenvalue weighted by atomic mass is 16.5. The lowest BCUT2D eigenvalue weighted by atomic mass is 9.90. The molecule has 1 aliphatic heterocycles. The highest BCUT2D eigenvalue weighted by Crippen LogP contribution is 2.29. The third kappa shape index (κ3) is 3.22. The average molecular weight is 255 g/mol. The van der Waals surface area contributed by atoms with Crippen molar-refractivity contribution in [3.63, 3.8) is 0 Å². The average Bonchev–Trinajstić information content (AvgIpc) is 3.12. The number of amides is 1. The van der Waals surface area contributed by atoms with Gasteiger partial charge in [-0.1, -0.05) is 0 Å². The lowest BCUT2D eigenvalue weighted by Gasteiger charge is -2.37. The molecule has 5 heteroatoms. The second kappa shape index (κ2) is 5.69. The van der Waals surface area contributed by atoms with Crippen molar-refractivity contribution >= 4 is 11.9 Å². The summed E-state index contributed by atoms with van der Waals surface area (Å²) in [5.41, 5.74) is 0. The minimum atomic E-state index is -0.807. The number of hydrogen-bond donors (Lipinski definition) is 1. The summed E-state index contributed by atoms with van der Waals surface area (Å²) in [6, 6.07) is -0.228. The molecule has 2 aliphatic rings. The highest BCUT2D eigenvalue weighted by molar-refractivity contribution is 5.79. The van der Waals surface area contributed by atoms with Crippen LogP contribution in [0.3, 0.4) is 0 Å². The quantitative estimate of drug-likeness (QED) is 0.799. The van der Waals surface area contributed by atoms with Gasteiger partial charge in [-0.25, -0.2) is 0 Å². The molecule has 0 aromatic carbocycles. The molecule has 1 saturated heterocycles. The summed E-state index contributed by atoms with van der Waals surface area (Å²) in [6.45, 7) is 3.22. The first-order valence-electron chi connectivity index (χ1n) is 6.69. The standard InChI is InChI=1S/C13H21NO4/c1-9-11(13(16)17)3-2-6-14(9)12(15)8-18-7-10-4-5-10/h9-11H,2-8H2,1H3,(H,16,17)/t9-,11-/m1/s1. The number of carboxylic acids is 1. The van der Waals surface area contributed by atoms with E-state index < -0.39 is 11.9 Å². The number of nitrogens with zero attached hydrogens (tertiary/aromatic N) is 1. The third-order valence-electron chi connectivity index (χ3n) is 3.90. The molecule has 0 aromatic rings. The van der Waals surface area contributed by atoms with E-state index in [2.05, 4.69) is 0 Å². The molecule has 2 atom stereocenters. The lowest BCUT2D eigenvalue weighted by Crippen LogP contribution is -2.50. The van der Waals surface area contributed by atoms with E-state index in [1.807, 2.05) is 6.92 Å². The van der Waals surface area contributed by atoms with Crippen molar-refractivity contribution in [3.8, 4) is 0 Å². The van der Waals surface area contributed by atoms with E-state index in [0.29, 0.717) is 25.5 Å². The molecule has 0 aromatic heterocycles. The van der Waals surface area contributed by atoms with Crippen molar-refractivity contribution in [2.45, 2.75) is 38.6 Å². The van der Waals surface area contributed by atoms with Crippen LogP contribution in [-0.2, 0) is 14.3 Å². The van der Waals surface area contributed by atoms with Crippen LogP contribution in [-0.4, -0.2) is 47.7 Å². The van der Waals surface area contributed by atoms with Gasteiger partial charge in [-0.3, -0.25) is 9.59 Å². The number of aliphatic carboxylic acids is 1. The van der Waals surface area contributed by atoms with Gasteiger partial charge in [0, 0.05) is 12.6 Å². The van der Waals surface area contributed by atoms with Crippen LogP contribution in [0.5, 0.6) is 0 Å². The van der Waals surface area contributed by atoms with Gasteiger partial charge < -0.3 is 14.7 Å². The Morgan fingerprint density at radius 3 is 2.67 bits per heavy atom. The van der Waals surface area contributed by atoms with Crippen molar-refractivity contribution < 1.29 is 19.4 Å². The Bertz CT molecular complexity index is 327. The Labute approximate surface area is 107 Å². The number of ether oxygens (including phenoxy) is 1. The van der Waals surface area contributed by atoms with Crippen LogP contribution in [0.25, 0.3) is 0 Å². The van der Waals surface area contributed by atoms with Crippen molar-refractivity contribution in [1.29, 1.82) is 0 Å². The summed E-state index contributed by atoms with van der Waals surface area (Å²) in [6.07, 6.45) is 3.82. The number of carbonyl (C=O) groups excluding carboxylic acids is 1. The number of rotatable bonds is 5. The molecule has 102 valence electrons. The zero-order chi connectivity index (χ0) is 13.1. The van der Waals surface area contributed by atoms with E-state index in [9.17, 15) is 9.59 Å². The van der Waals surface area contributed by atoms with Gasteiger partial charge in [0.1, 0.15) is 6.61 Å². The maximum atomic E-state index is 12.0. The van der Waals surface area contributed by atoms with Crippen LogP contribution in [0.4, 0.5) is 0 Å². The number of piperidine rings is 1. The van der Waals surface area contributed by atoms with Gasteiger partial charge in [-0.15, -0.1) is 0 Å². The minimum Gasteiger partial charge on any atom is -0.481 e. The Hall–Kier alpha value is -1.10. The first kappa shape index (κ1) is 13.3. The van der Waals surface area contributed by atoms with Crippen LogP contribution < -0.4 is 0 Å². The van der Waals surface area contributed by atoms with Crippen molar-refractivity contribution in [3.05, 3.63) is 0 Å². The zero-order valence-electron chi connectivity index (χ0n) is 10.8. The molecule has 2 rings (SSSR count). The normalized spacial score (nSPS) is 28.2. The lowest BCUT2D eigenvalue weighted by molar-refractivity contribution is -0.150. The molecular weight excluding hydrogens is 234 g/mol. The largest absolute Gasteiger partial charge is 0.481 e. The predicted molar refractivity (Wildman–Crippen MR) is 65.1 cm³/mol. The van der Waals surface area contributed by atoms with E-state index >= 15 is 0 Å². The van der Waals surface area contributed by atoms with E-state index in [0.717, 1.165) is 6.42 Å². The molecule has 1 saturated carbocycles. The summed E-state index contributed by atoms with van der Waals surface area (Å²) in [4.78, 5) is 24.7. The topological polar surface area (TPSA) is 66.8 Å². The molecular formula is C13H21NO4. The molecule has 0 spiro atoms. The number of carboxylic acid groups (broad SMARTS) is 1.